The van der Waals surface area contributed by atoms with Gasteiger partial charge in [0.2, 0.25) is 0 Å². The number of nitrogens with one attached hydrogen (secondary N) is 3. The molecular formula is C16H21ClN4O. The molecule has 0 aliphatic heterocycles. The van der Waals surface area contributed by atoms with Gasteiger partial charge in [0.1, 0.15) is 5.82 Å². The topological polar surface area (TPSA) is 69.8 Å². The van der Waals surface area contributed by atoms with Crippen molar-refractivity contribution in [2.24, 2.45) is 5.92 Å². The molecule has 1 amide bonds. The first-order chi connectivity index (χ1) is 10.5. The molecule has 0 saturated carbocycles. The summed E-state index contributed by atoms with van der Waals surface area (Å²) in [4.78, 5) is 19.3. The highest BCUT2D eigenvalue weighted by atomic mass is 35.5. The Labute approximate surface area is 135 Å². The lowest BCUT2D eigenvalue weighted by Gasteiger charge is -2.19. The minimum Gasteiger partial charge on any atom is -0.382 e. The van der Waals surface area contributed by atoms with Crippen molar-refractivity contribution in [2.45, 2.75) is 33.4 Å². The molecule has 6 heteroatoms. The lowest BCUT2D eigenvalue weighted by molar-refractivity contribution is 0.0950. The number of halogens is 1. The summed E-state index contributed by atoms with van der Waals surface area (Å²) in [6.45, 7) is 6.73. The molecule has 1 aromatic heterocycles. The molecule has 0 bridgehead atoms. The van der Waals surface area contributed by atoms with Gasteiger partial charge in [-0.15, -0.1) is 0 Å². The zero-order valence-corrected chi connectivity index (χ0v) is 13.7. The molecule has 1 atom stereocenters. The average molecular weight is 321 g/mol. The van der Waals surface area contributed by atoms with Crippen LogP contribution in [0.4, 0.5) is 5.69 Å². The maximum atomic E-state index is 12.3. The van der Waals surface area contributed by atoms with E-state index in [0.29, 0.717) is 34.9 Å². The summed E-state index contributed by atoms with van der Waals surface area (Å²) in [5.41, 5.74) is 1.34. The number of carbonyl (C=O) groups excluding carboxylic acids is 1. The number of imidazole rings is 1. The SMILES string of the molecule is CC(C)C(C)Nc1ccc(Cl)c(C(=O)NCc2ncc[nH]2)c1. The summed E-state index contributed by atoms with van der Waals surface area (Å²) >= 11 is 6.14. The number of amides is 1. The highest BCUT2D eigenvalue weighted by molar-refractivity contribution is 6.34. The van der Waals surface area contributed by atoms with E-state index in [4.69, 9.17) is 11.6 Å². The van der Waals surface area contributed by atoms with Gasteiger partial charge in [-0.1, -0.05) is 25.4 Å². The minimum atomic E-state index is -0.220. The Kier molecular flexibility index (Phi) is 5.44. The van der Waals surface area contributed by atoms with Gasteiger partial charge in [-0.05, 0) is 31.0 Å². The predicted molar refractivity (Wildman–Crippen MR) is 89.1 cm³/mol. The number of anilines is 1. The largest absolute Gasteiger partial charge is 0.382 e. The zero-order valence-electron chi connectivity index (χ0n) is 13.0. The second-order valence-electron chi connectivity index (χ2n) is 5.59. The van der Waals surface area contributed by atoms with Crippen LogP contribution in [0.2, 0.25) is 5.02 Å². The molecule has 1 unspecified atom stereocenters. The molecule has 5 nitrogen and oxygen atoms in total. The Balaban J connectivity index is 2.07. The lowest BCUT2D eigenvalue weighted by atomic mass is 10.1. The van der Waals surface area contributed by atoms with Crippen molar-refractivity contribution < 1.29 is 4.79 Å². The van der Waals surface area contributed by atoms with E-state index in [1.807, 2.05) is 6.07 Å². The molecule has 0 aliphatic carbocycles. The van der Waals surface area contributed by atoms with E-state index in [1.165, 1.54) is 0 Å². The number of hydrogen-bond donors (Lipinski definition) is 3. The van der Waals surface area contributed by atoms with Crippen LogP contribution in [0.15, 0.2) is 30.6 Å². The van der Waals surface area contributed by atoms with Gasteiger partial charge >= 0.3 is 0 Å². The van der Waals surface area contributed by atoms with Crippen LogP contribution in [0.1, 0.15) is 37.0 Å². The molecule has 118 valence electrons. The summed E-state index contributed by atoms with van der Waals surface area (Å²) < 4.78 is 0. The summed E-state index contributed by atoms with van der Waals surface area (Å²) in [6.07, 6.45) is 3.36. The van der Waals surface area contributed by atoms with Crippen LogP contribution < -0.4 is 10.6 Å². The number of hydrogen-bond acceptors (Lipinski definition) is 3. The monoisotopic (exact) mass is 320 g/mol. The van der Waals surface area contributed by atoms with Crippen LogP contribution in [0.3, 0.4) is 0 Å². The molecule has 2 aromatic rings. The average Bonchev–Trinajstić information content (AvgIpc) is 3.00. The Morgan fingerprint density at radius 3 is 2.77 bits per heavy atom. The molecule has 0 radical (unpaired) electrons. The van der Waals surface area contributed by atoms with Crippen molar-refractivity contribution in [3.8, 4) is 0 Å². The number of carbonyl (C=O) groups is 1. The van der Waals surface area contributed by atoms with Gasteiger partial charge in [-0.2, -0.15) is 0 Å². The smallest absolute Gasteiger partial charge is 0.253 e. The van der Waals surface area contributed by atoms with Crippen molar-refractivity contribution in [3.05, 3.63) is 47.0 Å². The molecule has 0 aliphatic rings. The van der Waals surface area contributed by atoms with E-state index < -0.39 is 0 Å². The Morgan fingerprint density at radius 2 is 2.14 bits per heavy atom. The van der Waals surface area contributed by atoms with Crippen molar-refractivity contribution in [1.82, 2.24) is 15.3 Å². The van der Waals surface area contributed by atoms with E-state index in [0.717, 1.165) is 5.69 Å². The van der Waals surface area contributed by atoms with E-state index in [1.54, 1.807) is 24.5 Å². The molecule has 22 heavy (non-hydrogen) atoms. The number of aromatic amines is 1. The van der Waals surface area contributed by atoms with E-state index in [9.17, 15) is 4.79 Å². The molecule has 2 rings (SSSR count). The van der Waals surface area contributed by atoms with E-state index >= 15 is 0 Å². The van der Waals surface area contributed by atoms with E-state index in [2.05, 4.69) is 41.4 Å². The van der Waals surface area contributed by atoms with Gasteiger partial charge in [0.15, 0.2) is 0 Å². The standard InChI is InChI=1S/C16H21ClN4O/c1-10(2)11(3)21-12-4-5-14(17)13(8-12)16(22)20-9-15-18-6-7-19-15/h4-8,10-11,21H,9H2,1-3H3,(H,18,19)(H,20,22). The highest BCUT2D eigenvalue weighted by Gasteiger charge is 2.13. The zero-order chi connectivity index (χ0) is 16.1. The third-order valence-corrected chi connectivity index (χ3v) is 3.91. The van der Waals surface area contributed by atoms with Gasteiger partial charge in [-0.25, -0.2) is 4.98 Å². The fourth-order valence-corrected chi connectivity index (χ4v) is 2.08. The fourth-order valence-electron chi connectivity index (χ4n) is 1.87. The first kappa shape index (κ1) is 16.4. The molecule has 1 aromatic carbocycles. The van der Waals surface area contributed by atoms with Gasteiger partial charge in [0, 0.05) is 24.1 Å². The molecule has 1 heterocycles. The second-order valence-corrected chi connectivity index (χ2v) is 6.00. The number of rotatable bonds is 6. The normalized spacial score (nSPS) is 12.2. The van der Waals surface area contributed by atoms with Gasteiger partial charge in [0.25, 0.3) is 5.91 Å². The van der Waals surface area contributed by atoms with Crippen molar-refractivity contribution >= 4 is 23.2 Å². The second kappa shape index (κ2) is 7.31. The predicted octanol–water partition coefficient (Wildman–Crippen LogP) is 3.45. The van der Waals surface area contributed by atoms with Crippen LogP contribution in [0, 0.1) is 5.92 Å². The maximum absolute atomic E-state index is 12.3. The number of H-pyrrole nitrogens is 1. The minimum absolute atomic E-state index is 0.220. The number of nitrogens with zero attached hydrogens (tertiary/aromatic N) is 1. The Morgan fingerprint density at radius 1 is 1.36 bits per heavy atom. The first-order valence-electron chi connectivity index (χ1n) is 7.30. The number of aromatic nitrogens is 2. The fraction of sp³-hybridized carbons (Fsp3) is 0.375. The molecule has 0 fully saturated rings. The molecule has 0 spiro atoms. The van der Waals surface area contributed by atoms with Crippen molar-refractivity contribution in [1.29, 1.82) is 0 Å². The maximum Gasteiger partial charge on any atom is 0.253 e. The van der Waals surface area contributed by atoms with Crippen molar-refractivity contribution in [3.63, 3.8) is 0 Å². The molecular weight excluding hydrogens is 300 g/mol. The Hall–Kier alpha value is -2.01. The number of benzene rings is 1. The summed E-state index contributed by atoms with van der Waals surface area (Å²) in [7, 11) is 0. The molecule has 3 N–H and O–H groups in total. The van der Waals surface area contributed by atoms with Gasteiger partial charge in [0.05, 0.1) is 17.1 Å². The third kappa shape index (κ3) is 4.24. The quantitative estimate of drug-likeness (QED) is 0.763. The summed E-state index contributed by atoms with van der Waals surface area (Å²) in [5, 5.41) is 6.61. The van der Waals surface area contributed by atoms with Crippen molar-refractivity contribution in [2.75, 3.05) is 5.32 Å². The molecule has 0 saturated heterocycles. The van der Waals surface area contributed by atoms with Crippen LogP contribution in [-0.4, -0.2) is 21.9 Å². The lowest BCUT2D eigenvalue weighted by Crippen LogP contribution is -2.25. The highest BCUT2D eigenvalue weighted by Crippen LogP contribution is 2.22. The van der Waals surface area contributed by atoms with Gasteiger partial charge in [-0.3, -0.25) is 4.79 Å². The van der Waals surface area contributed by atoms with Crippen LogP contribution in [0.5, 0.6) is 0 Å². The third-order valence-electron chi connectivity index (χ3n) is 3.58. The van der Waals surface area contributed by atoms with Crippen LogP contribution in [0.25, 0.3) is 0 Å². The van der Waals surface area contributed by atoms with Crippen LogP contribution >= 0.6 is 11.6 Å². The summed E-state index contributed by atoms with van der Waals surface area (Å²) in [5.74, 6) is 0.973. The summed E-state index contributed by atoms with van der Waals surface area (Å²) in [6, 6.07) is 5.70. The van der Waals surface area contributed by atoms with Gasteiger partial charge < -0.3 is 15.6 Å². The Bertz CT molecular complexity index is 625. The van der Waals surface area contributed by atoms with Crippen LogP contribution in [-0.2, 0) is 6.54 Å². The van der Waals surface area contributed by atoms with E-state index in [-0.39, 0.29) is 5.91 Å². The first-order valence-corrected chi connectivity index (χ1v) is 7.67.